The van der Waals surface area contributed by atoms with Gasteiger partial charge in [-0.2, -0.15) is 0 Å². The fraction of sp³-hybridized carbons (Fsp3) is 0.0769. The first-order chi connectivity index (χ1) is 8.85. The molecule has 19 heavy (non-hydrogen) atoms. The van der Waals surface area contributed by atoms with E-state index in [-0.39, 0.29) is 11.1 Å². The van der Waals surface area contributed by atoms with E-state index in [0.717, 1.165) is 24.3 Å². The first-order valence-electron chi connectivity index (χ1n) is 5.16. The standard InChI is InChI=1S/C13H7F5O/c14-9-4-5-11(12(15)7-9)8-2-1-3-10(6-8)19-13(16,17)18/h1-7H. The maximum Gasteiger partial charge on any atom is 0.573 e. The fourth-order valence-corrected chi connectivity index (χ4v) is 1.58. The molecule has 0 aliphatic heterocycles. The summed E-state index contributed by atoms with van der Waals surface area (Å²) in [6, 6.07) is 7.65. The van der Waals surface area contributed by atoms with Crippen molar-refractivity contribution in [2.24, 2.45) is 0 Å². The highest BCUT2D eigenvalue weighted by atomic mass is 19.4. The Morgan fingerprint density at radius 3 is 2.26 bits per heavy atom. The van der Waals surface area contributed by atoms with Gasteiger partial charge >= 0.3 is 6.36 Å². The molecule has 0 spiro atoms. The molecule has 2 rings (SSSR count). The molecule has 0 fully saturated rings. The van der Waals surface area contributed by atoms with E-state index in [1.54, 1.807) is 0 Å². The summed E-state index contributed by atoms with van der Waals surface area (Å²) in [6.07, 6.45) is -4.82. The molecular formula is C13H7F5O. The predicted molar refractivity (Wildman–Crippen MR) is 58.5 cm³/mol. The van der Waals surface area contributed by atoms with E-state index in [2.05, 4.69) is 4.74 Å². The minimum absolute atomic E-state index is 0.00553. The maximum atomic E-state index is 13.5. The third-order valence-corrected chi connectivity index (χ3v) is 2.31. The molecule has 0 N–H and O–H groups in total. The van der Waals surface area contributed by atoms with Crippen molar-refractivity contribution in [1.82, 2.24) is 0 Å². The van der Waals surface area contributed by atoms with Gasteiger partial charge in [-0.25, -0.2) is 8.78 Å². The Morgan fingerprint density at radius 1 is 0.895 bits per heavy atom. The Balaban J connectivity index is 2.38. The number of benzene rings is 2. The van der Waals surface area contributed by atoms with Gasteiger partial charge in [-0.1, -0.05) is 12.1 Å². The molecule has 0 saturated heterocycles. The molecule has 6 heteroatoms. The minimum Gasteiger partial charge on any atom is -0.406 e. The van der Waals surface area contributed by atoms with Crippen molar-refractivity contribution >= 4 is 0 Å². The van der Waals surface area contributed by atoms with Crippen LogP contribution in [0.1, 0.15) is 0 Å². The van der Waals surface area contributed by atoms with Crippen LogP contribution in [0.2, 0.25) is 0 Å². The topological polar surface area (TPSA) is 9.23 Å². The lowest BCUT2D eigenvalue weighted by Crippen LogP contribution is -2.17. The summed E-state index contributed by atoms with van der Waals surface area (Å²) < 4.78 is 66.2. The summed E-state index contributed by atoms with van der Waals surface area (Å²) >= 11 is 0. The second-order valence-corrected chi connectivity index (χ2v) is 3.70. The largest absolute Gasteiger partial charge is 0.573 e. The van der Waals surface area contributed by atoms with Crippen LogP contribution in [0.3, 0.4) is 0 Å². The second kappa shape index (κ2) is 4.87. The Kier molecular flexibility index (Phi) is 3.42. The van der Waals surface area contributed by atoms with E-state index >= 15 is 0 Å². The normalized spacial score (nSPS) is 11.4. The Bertz CT molecular complexity index is 592. The van der Waals surface area contributed by atoms with E-state index in [0.29, 0.717) is 6.07 Å². The first kappa shape index (κ1) is 13.3. The summed E-state index contributed by atoms with van der Waals surface area (Å²) in [5.41, 5.74) is 0.160. The van der Waals surface area contributed by atoms with Gasteiger partial charge in [0.05, 0.1) is 0 Å². The van der Waals surface area contributed by atoms with E-state index in [9.17, 15) is 22.0 Å². The molecule has 100 valence electrons. The van der Waals surface area contributed by atoms with Crippen molar-refractivity contribution in [2.75, 3.05) is 0 Å². The summed E-state index contributed by atoms with van der Waals surface area (Å²) in [7, 11) is 0. The van der Waals surface area contributed by atoms with Gasteiger partial charge in [0.25, 0.3) is 0 Å². The predicted octanol–water partition coefficient (Wildman–Crippen LogP) is 4.53. The molecule has 2 aromatic carbocycles. The van der Waals surface area contributed by atoms with Gasteiger partial charge < -0.3 is 4.74 Å². The Morgan fingerprint density at radius 2 is 1.63 bits per heavy atom. The van der Waals surface area contributed by atoms with Crippen LogP contribution in [0.5, 0.6) is 5.75 Å². The van der Waals surface area contributed by atoms with Crippen molar-refractivity contribution in [3.8, 4) is 16.9 Å². The van der Waals surface area contributed by atoms with Gasteiger partial charge in [-0.3, -0.25) is 0 Å². The summed E-state index contributed by atoms with van der Waals surface area (Å²) in [5.74, 6) is -2.08. The van der Waals surface area contributed by atoms with Crippen molar-refractivity contribution in [2.45, 2.75) is 6.36 Å². The van der Waals surface area contributed by atoms with Gasteiger partial charge in [-0.15, -0.1) is 13.2 Å². The van der Waals surface area contributed by atoms with Crippen LogP contribution in [0.15, 0.2) is 42.5 Å². The molecule has 0 unspecified atom stereocenters. The number of rotatable bonds is 2. The molecule has 0 heterocycles. The van der Waals surface area contributed by atoms with Crippen LogP contribution >= 0.6 is 0 Å². The average molecular weight is 274 g/mol. The van der Waals surface area contributed by atoms with E-state index < -0.39 is 23.7 Å². The van der Waals surface area contributed by atoms with E-state index in [1.807, 2.05) is 0 Å². The molecule has 0 amide bonds. The number of halogens is 5. The summed E-state index contributed by atoms with van der Waals surface area (Å²) in [5, 5.41) is 0. The van der Waals surface area contributed by atoms with Crippen LogP contribution in [0, 0.1) is 11.6 Å². The third kappa shape index (κ3) is 3.43. The van der Waals surface area contributed by atoms with Crippen LogP contribution in [0.25, 0.3) is 11.1 Å². The highest BCUT2D eigenvalue weighted by Gasteiger charge is 2.31. The Labute approximate surface area is 105 Å². The van der Waals surface area contributed by atoms with Crippen molar-refractivity contribution < 1.29 is 26.7 Å². The van der Waals surface area contributed by atoms with Gasteiger partial charge in [-0.05, 0) is 29.8 Å². The number of ether oxygens (including phenoxy) is 1. The lowest BCUT2D eigenvalue weighted by atomic mass is 10.0. The number of alkyl halides is 3. The van der Waals surface area contributed by atoms with Crippen molar-refractivity contribution in [3.05, 3.63) is 54.1 Å². The fourth-order valence-electron chi connectivity index (χ4n) is 1.58. The molecule has 1 nitrogen and oxygen atoms in total. The SMILES string of the molecule is Fc1ccc(-c2cccc(OC(F)(F)F)c2)c(F)c1. The first-order valence-corrected chi connectivity index (χ1v) is 5.16. The maximum absolute atomic E-state index is 13.5. The molecule has 0 atom stereocenters. The van der Waals surface area contributed by atoms with Crippen molar-refractivity contribution in [1.29, 1.82) is 0 Å². The second-order valence-electron chi connectivity index (χ2n) is 3.70. The van der Waals surface area contributed by atoms with Gasteiger partial charge in [0, 0.05) is 11.6 Å². The highest BCUT2D eigenvalue weighted by molar-refractivity contribution is 5.65. The van der Waals surface area contributed by atoms with Crippen molar-refractivity contribution in [3.63, 3.8) is 0 Å². The molecular weight excluding hydrogens is 267 g/mol. The molecule has 0 aliphatic carbocycles. The molecule has 2 aromatic rings. The zero-order valence-electron chi connectivity index (χ0n) is 9.34. The van der Waals surface area contributed by atoms with Crippen LogP contribution in [0.4, 0.5) is 22.0 Å². The third-order valence-electron chi connectivity index (χ3n) is 2.31. The quantitative estimate of drug-likeness (QED) is 0.731. The number of hydrogen-bond donors (Lipinski definition) is 0. The summed E-state index contributed by atoms with van der Waals surface area (Å²) in [6.45, 7) is 0. The van der Waals surface area contributed by atoms with Crippen LogP contribution in [-0.4, -0.2) is 6.36 Å². The Hall–Kier alpha value is -2.11. The molecule has 0 saturated carbocycles. The molecule has 0 aliphatic rings. The van der Waals surface area contributed by atoms with Gasteiger partial charge in [0.15, 0.2) is 0 Å². The average Bonchev–Trinajstić information content (AvgIpc) is 2.26. The smallest absolute Gasteiger partial charge is 0.406 e. The zero-order chi connectivity index (χ0) is 14.0. The molecule has 0 aromatic heterocycles. The van der Waals surface area contributed by atoms with E-state index in [4.69, 9.17) is 0 Å². The number of hydrogen-bond acceptors (Lipinski definition) is 1. The molecule has 0 radical (unpaired) electrons. The molecule has 0 bridgehead atoms. The lowest BCUT2D eigenvalue weighted by Gasteiger charge is -2.10. The minimum atomic E-state index is -4.82. The zero-order valence-corrected chi connectivity index (χ0v) is 9.34. The highest BCUT2D eigenvalue weighted by Crippen LogP contribution is 2.29. The van der Waals surface area contributed by atoms with Crippen LogP contribution < -0.4 is 4.74 Å². The van der Waals surface area contributed by atoms with Gasteiger partial charge in [0.2, 0.25) is 0 Å². The lowest BCUT2D eigenvalue weighted by molar-refractivity contribution is -0.274. The van der Waals surface area contributed by atoms with E-state index in [1.165, 1.54) is 12.1 Å². The monoisotopic (exact) mass is 274 g/mol. The summed E-state index contributed by atoms with van der Waals surface area (Å²) in [4.78, 5) is 0. The van der Waals surface area contributed by atoms with Gasteiger partial charge in [0.1, 0.15) is 17.4 Å². The van der Waals surface area contributed by atoms with Crippen LogP contribution in [-0.2, 0) is 0 Å².